The van der Waals surface area contributed by atoms with Gasteiger partial charge in [0.15, 0.2) is 0 Å². The summed E-state index contributed by atoms with van der Waals surface area (Å²) in [5.74, 6) is 1.54. The number of thioether (sulfide) groups is 1. The minimum absolute atomic E-state index is 0.00959. The number of amides is 1. The zero-order valence-corrected chi connectivity index (χ0v) is 13.5. The first-order chi connectivity index (χ1) is 10.1. The number of nitrogens with zero attached hydrogens (tertiary/aromatic N) is 1. The van der Waals surface area contributed by atoms with Gasteiger partial charge in [0.1, 0.15) is 0 Å². The van der Waals surface area contributed by atoms with Crippen LogP contribution in [0.15, 0.2) is 42.7 Å². The molecule has 110 valence electrons. The Bertz CT molecular complexity index is 608. The molecule has 1 aromatic heterocycles. The van der Waals surface area contributed by atoms with E-state index in [4.69, 9.17) is 23.2 Å². The molecule has 1 heterocycles. The van der Waals surface area contributed by atoms with Crippen LogP contribution in [0.4, 0.5) is 5.69 Å². The molecule has 2 aromatic rings. The van der Waals surface area contributed by atoms with Gasteiger partial charge in [-0.05, 0) is 29.8 Å². The topological polar surface area (TPSA) is 42.0 Å². The highest BCUT2D eigenvalue weighted by Crippen LogP contribution is 2.24. The lowest BCUT2D eigenvalue weighted by Crippen LogP contribution is -2.12. The first kappa shape index (κ1) is 16.1. The molecule has 0 spiro atoms. The van der Waals surface area contributed by atoms with Crippen molar-refractivity contribution in [2.75, 3.05) is 11.1 Å². The van der Waals surface area contributed by atoms with E-state index in [9.17, 15) is 4.79 Å². The third-order valence-corrected chi connectivity index (χ3v) is 4.44. The van der Waals surface area contributed by atoms with E-state index in [-0.39, 0.29) is 5.91 Å². The summed E-state index contributed by atoms with van der Waals surface area (Å²) in [5, 5.41) is 3.92. The van der Waals surface area contributed by atoms with Crippen molar-refractivity contribution in [3.8, 4) is 0 Å². The molecule has 0 aliphatic carbocycles. The predicted molar refractivity (Wildman–Crippen MR) is 90.1 cm³/mol. The van der Waals surface area contributed by atoms with Crippen LogP contribution in [0.1, 0.15) is 12.0 Å². The molecule has 0 atom stereocenters. The van der Waals surface area contributed by atoms with Crippen LogP contribution in [0, 0.1) is 0 Å². The lowest BCUT2D eigenvalue weighted by atomic mass is 10.2. The number of rotatable bonds is 6. The highest BCUT2D eigenvalue weighted by atomic mass is 35.5. The lowest BCUT2D eigenvalue weighted by Gasteiger charge is -2.05. The third-order valence-electron chi connectivity index (χ3n) is 2.67. The number of pyridine rings is 1. The number of hydrogen-bond donors (Lipinski definition) is 1. The largest absolute Gasteiger partial charge is 0.325 e. The van der Waals surface area contributed by atoms with Crippen molar-refractivity contribution in [1.82, 2.24) is 4.98 Å². The van der Waals surface area contributed by atoms with Crippen molar-refractivity contribution in [1.29, 1.82) is 0 Å². The van der Waals surface area contributed by atoms with Crippen molar-refractivity contribution < 1.29 is 4.79 Å². The number of anilines is 1. The van der Waals surface area contributed by atoms with Gasteiger partial charge in [0, 0.05) is 24.1 Å². The smallest absolute Gasteiger partial charge is 0.225 e. The van der Waals surface area contributed by atoms with Gasteiger partial charge in [-0.1, -0.05) is 29.3 Å². The summed E-state index contributed by atoms with van der Waals surface area (Å²) in [4.78, 5) is 15.7. The summed E-state index contributed by atoms with van der Waals surface area (Å²) < 4.78 is 0. The van der Waals surface area contributed by atoms with Crippen molar-refractivity contribution in [2.24, 2.45) is 0 Å². The molecule has 2 rings (SSSR count). The van der Waals surface area contributed by atoms with E-state index in [1.807, 2.05) is 18.2 Å². The predicted octanol–water partition coefficient (Wildman–Crippen LogP) is 4.65. The van der Waals surface area contributed by atoms with E-state index < -0.39 is 0 Å². The average molecular weight is 341 g/mol. The zero-order chi connectivity index (χ0) is 15.1. The number of halogens is 2. The minimum atomic E-state index is -0.00959. The molecule has 1 N–H and O–H groups in total. The Morgan fingerprint density at radius 2 is 2.10 bits per heavy atom. The van der Waals surface area contributed by atoms with Gasteiger partial charge in [0.05, 0.1) is 21.9 Å². The van der Waals surface area contributed by atoms with Crippen LogP contribution >= 0.6 is 35.0 Å². The van der Waals surface area contributed by atoms with Gasteiger partial charge in [0.2, 0.25) is 5.91 Å². The quantitative estimate of drug-likeness (QED) is 0.778. The maximum absolute atomic E-state index is 11.7. The Labute approximate surface area is 138 Å². The van der Waals surface area contributed by atoms with Crippen LogP contribution in [-0.4, -0.2) is 16.6 Å². The Kier molecular flexibility index (Phi) is 6.36. The second-order valence-electron chi connectivity index (χ2n) is 4.34. The Morgan fingerprint density at radius 3 is 2.81 bits per heavy atom. The Morgan fingerprint density at radius 1 is 1.24 bits per heavy atom. The number of benzene rings is 1. The minimum Gasteiger partial charge on any atom is -0.325 e. The highest BCUT2D eigenvalue weighted by molar-refractivity contribution is 7.98. The first-order valence-electron chi connectivity index (χ1n) is 6.36. The summed E-state index contributed by atoms with van der Waals surface area (Å²) in [6.45, 7) is 0. The summed E-state index contributed by atoms with van der Waals surface area (Å²) in [6.07, 6.45) is 3.75. The molecule has 3 nitrogen and oxygen atoms in total. The van der Waals surface area contributed by atoms with E-state index >= 15 is 0 Å². The normalized spacial score (nSPS) is 10.4. The second-order valence-corrected chi connectivity index (χ2v) is 6.26. The fourth-order valence-corrected chi connectivity index (χ4v) is 2.85. The molecule has 0 saturated carbocycles. The van der Waals surface area contributed by atoms with E-state index in [1.54, 1.807) is 36.3 Å². The molecule has 0 unspecified atom stereocenters. The molecule has 1 aromatic carbocycles. The van der Waals surface area contributed by atoms with Crippen LogP contribution in [0.25, 0.3) is 0 Å². The summed E-state index contributed by atoms with van der Waals surface area (Å²) in [5.41, 5.74) is 1.82. The molecule has 6 heteroatoms. The van der Waals surface area contributed by atoms with Crippen molar-refractivity contribution in [3.05, 3.63) is 58.3 Å². The third kappa shape index (κ3) is 5.58. The number of hydrogen-bond acceptors (Lipinski definition) is 3. The average Bonchev–Trinajstić information content (AvgIpc) is 2.48. The fourth-order valence-electron chi connectivity index (χ4n) is 1.64. The SMILES string of the molecule is O=C(CCSCc1ccc(Cl)c(Cl)c1)Nc1cccnc1. The van der Waals surface area contributed by atoms with Crippen LogP contribution in [0.3, 0.4) is 0 Å². The van der Waals surface area contributed by atoms with Crippen molar-refractivity contribution >= 4 is 46.6 Å². The van der Waals surface area contributed by atoms with E-state index in [2.05, 4.69) is 10.3 Å². The zero-order valence-electron chi connectivity index (χ0n) is 11.2. The summed E-state index contributed by atoms with van der Waals surface area (Å²) >= 11 is 13.5. The Hall–Kier alpha value is -1.23. The molecule has 0 saturated heterocycles. The maximum Gasteiger partial charge on any atom is 0.225 e. The monoisotopic (exact) mass is 340 g/mol. The van der Waals surface area contributed by atoms with Gasteiger partial charge in [-0.3, -0.25) is 9.78 Å². The molecular formula is C15H14Cl2N2OS. The van der Waals surface area contributed by atoms with Crippen LogP contribution in [-0.2, 0) is 10.5 Å². The van der Waals surface area contributed by atoms with Crippen molar-refractivity contribution in [3.63, 3.8) is 0 Å². The van der Waals surface area contributed by atoms with E-state index in [1.165, 1.54) is 0 Å². The van der Waals surface area contributed by atoms with Gasteiger partial charge in [-0.2, -0.15) is 11.8 Å². The van der Waals surface area contributed by atoms with Gasteiger partial charge in [0.25, 0.3) is 0 Å². The first-order valence-corrected chi connectivity index (χ1v) is 8.28. The van der Waals surface area contributed by atoms with E-state index in [0.717, 1.165) is 22.8 Å². The van der Waals surface area contributed by atoms with Gasteiger partial charge < -0.3 is 5.32 Å². The number of carbonyl (C=O) groups excluding carboxylic acids is 1. The lowest BCUT2D eigenvalue weighted by molar-refractivity contribution is -0.115. The molecule has 0 fully saturated rings. The van der Waals surface area contributed by atoms with Gasteiger partial charge in [-0.25, -0.2) is 0 Å². The van der Waals surface area contributed by atoms with Crippen LogP contribution < -0.4 is 5.32 Å². The van der Waals surface area contributed by atoms with Crippen LogP contribution in [0.5, 0.6) is 0 Å². The molecule has 1 amide bonds. The highest BCUT2D eigenvalue weighted by Gasteiger charge is 2.03. The maximum atomic E-state index is 11.7. The number of nitrogens with one attached hydrogen (secondary N) is 1. The molecule has 0 aliphatic rings. The summed E-state index contributed by atoms with van der Waals surface area (Å²) in [7, 11) is 0. The standard InChI is InChI=1S/C15H14Cl2N2OS/c16-13-4-3-11(8-14(13)17)10-21-7-5-15(20)19-12-2-1-6-18-9-12/h1-4,6,8-9H,5,7,10H2,(H,19,20). The van der Waals surface area contributed by atoms with E-state index in [0.29, 0.717) is 16.5 Å². The molecular weight excluding hydrogens is 327 g/mol. The van der Waals surface area contributed by atoms with Gasteiger partial charge in [-0.15, -0.1) is 0 Å². The number of aromatic nitrogens is 1. The molecule has 0 radical (unpaired) electrons. The molecule has 0 bridgehead atoms. The molecule has 0 aliphatic heterocycles. The Balaban J connectivity index is 1.69. The molecule has 21 heavy (non-hydrogen) atoms. The van der Waals surface area contributed by atoms with Gasteiger partial charge >= 0.3 is 0 Å². The second kappa shape index (κ2) is 8.27. The van der Waals surface area contributed by atoms with Crippen molar-refractivity contribution in [2.45, 2.75) is 12.2 Å². The summed E-state index contributed by atoms with van der Waals surface area (Å²) in [6, 6.07) is 9.18. The fraction of sp³-hybridized carbons (Fsp3) is 0.200. The van der Waals surface area contributed by atoms with Crippen LogP contribution in [0.2, 0.25) is 10.0 Å². The number of carbonyl (C=O) groups is 1.